The fourth-order valence-electron chi connectivity index (χ4n) is 4.21. The van der Waals surface area contributed by atoms with Crippen molar-refractivity contribution in [2.24, 2.45) is 0 Å². The first-order valence-electron chi connectivity index (χ1n) is 15.5. The zero-order valence-corrected chi connectivity index (χ0v) is 29.3. The van der Waals surface area contributed by atoms with E-state index in [1.165, 1.54) is 9.80 Å². The molecular weight excluding hydrogens is 602 g/mol. The molecule has 0 saturated carbocycles. The third-order valence-corrected chi connectivity index (χ3v) is 6.68. The molecule has 3 aromatic rings. The van der Waals surface area contributed by atoms with Gasteiger partial charge in [-0.15, -0.1) is 0 Å². The summed E-state index contributed by atoms with van der Waals surface area (Å²) < 4.78 is 34.3. The fraction of sp³-hybridized carbons (Fsp3) is 0.444. The summed E-state index contributed by atoms with van der Waals surface area (Å²) in [5.74, 6) is 3.71. The predicted octanol–water partition coefficient (Wildman–Crippen LogP) is 7.83. The van der Waals surface area contributed by atoms with Gasteiger partial charge < -0.3 is 43.1 Å². The SMILES string of the molecule is COc1ccc(Oc2ccc(N(CCN(C)C(=O)OC(C)(C)C)CCN(C)C(=O)OC(C)(C)C)c(Oc3ccc(OC)cc3)c2)cc1. The van der Waals surface area contributed by atoms with Crippen LogP contribution in [0.5, 0.6) is 34.5 Å². The number of carbonyl (C=O) groups excluding carboxylic acids is 2. The molecule has 0 unspecified atom stereocenters. The molecule has 0 aromatic heterocycles. The van der Waals surface area contributed by atoms with Crippen LogP contribution in [-0.4, -0.2) is 87.7 Å². The fourth-order valence-corrected chi connectivity index (χ4v) is 4.21. The molecule has 0 bridgehead atoms. The maximum Gasteiger partial charge on any atom is 0.410 e. The van der Waals surface area contributed by atoms with Crippen molar-refractivity contribution >= 4 is 17.9 Å². The van der Waals surface area contributed by atoms with E-state index in [4.69, 9.17) is 28.4 Å². The second-order valence-corrected chi connectivity index (χ2v) is 13.0. The summed E-state index contributed by atoms with van der Waals surface area (Å²) in [7, 11) is 6.60. The van der Waals surface area contributed by atoms with Crippen molar-refractivity contribution in [1.82, 2.24) is 9.80 Å². The molecule has 0 fully saturated rings. The van der Waals surface area contributed by atoms with Gasteiger partial charge in [-0.3, -0.25) is 0 Å². The molecule has 0 atom stereocenters. The summed E-state index contributed by atoms with van der Waals surface area (Å²) in [6.07, 6.45) is -0.859. The Morgan fingerprint density at radius 1 is 0.553 bits per heavy atom. The van der Waals surface area contributed by atoms with Gasteiger partial charge in [0.25, 0.3) is 0 Å². The van der Waals surface area contributed by atoms with Crippen LogP contribution in [0.3, 0.4) is 0 Å². The van der Waals surface area contributed by atoms with Crippen LogP contribution < -0.4 is 23.8 Å². The number of hydrogen-bond acceptors (Lipinski definition) is 9. The summed E-state index contributed by atoms with van der Waals surface area (Å²) in [5.41, 5.74) is -0.515. The van der Waals surface area contributed by atoms with E-state index in [0.717, 1.165) is 11.4 Å². The minimum atomic E-state index is -0.625. The van der Waals surface area contributed by atoms with E-state index in [0.29, 0.717) is 54.9 Å². The Bertz CT molecular complexity index is 1410. The number of benzene rings is 3. The Balaban J connectivity index is 1.96. The molecule has 3 aromatic carbocycles. The molecular formula is C36H49N3O8. The largest absolute Gasteiger partial charge is 0.497 e. The highest BCUT2D eigenvalue weighted by Crippen LogP contribution is 2.38. The van der Waals surface area contributed by atoms with Crippen molar-refractivity contribution in [3.63, 3.8) is 0 Å². The quantitative estimate of drug-likeness (QED) is 0.183. The van der Waals surface area contributed by atoms with Crippen molar-refractivity contribution in [3.8, 4) is 34.5 Å². The van der Waals surface area contributed by atoms with Crippen molar-refractivity contribution in [2.75, 3.05) is 59.4 Å². The molecule has 3 rings (SSSR count). The van der Waals surface area contributed by atoms with E-state index < -0.39 is 23.4 Å². The van der Waals surface area contributed by atoms with Crippen LogP contribution in [0.15, 0.2) is 66.7 Å². The molecule has 0 aliphatic heterocycles. The molecule has 256 valence electrons. The van der Waals surface area contributed by atoms with Crippen molar-refractivity contribution in [1.29, 1.82) is 0 Å². The molecule has 47 heavy (non-hydrogen) atoms. The van der Waals surface area contributed by atoms with Gasteiger partial charge in [-0.1, -0.05) is 0 Å². The van der Waals surface area contributed by atoms with Gasteiger partial charge in [-0.25, -0.2) is 9.59 Å². The lowest BCUT2D eigenvalue weighted by atomic mass is 10.2. The van der Waals surface area contributed by atoms with Crippen LogP contribution in [0, 0.1) is 0 Å². The van der Waals surface area contributed by atoms with Crippen LogP contribution >= 0.6 is 0 Å². The van der Waals surface area contributed by atoms with E-state index >= 15 is 0 Å². The van der Waals surface area contributed by atoms with Gasteiger partial charge in [-0.2, -0.15) is 0 Å². The third-order valence-electron chi connectivity index (χ3n) is 6.68. The number of amides is 2. The third kappa shape index (κ3) is 12.1. The lowest BCUT2D eigenvalue weighted by Gasteiger charge is -2.32. The molecule has 0 aliphatic rings. The first-order valence-corrected chi connectivity index (χ1v) is 15.5. The maximum atomic E-state index is 12.8. The summed E-state index contributed by atoms with van der Waals surface area (Å²) in [4.78, 5) is 30.7. The standard InChI is InChI=1S/C36H49N3O8/c1-35(2,3)46-33(40)37(7)21-23-39(24-22-38(8)34(41)47-36(4,5)6)31-20-19-30(44-28-15-11-26(42-9)12-16-28)25-32(31)45-29-17-13-27(43-10)14-18-29/h11-20,25H,21-24H2,1-10H3. The first kappa shape index (κ1) is 36.7. The monoisotopic (exact) mass is 651 g/mol. The highest BCUT2D eigenvalue weighted by Gasteiger charge is 2.24. The minimum absolute atomic E-state index is 0.344. The molecule has 0 saturated heterocycles. The van der Waals surface area contributed by atoms with Crippen LogP contribution in [0.25, 0.3) is 0 Å². The van der Waals surface area contributed by atoms with Crippen LogP contribution in [0.2, 0.25) is 0 Å². The zero-order valence-electron chi connectivity index (χ0n) is 29.3. The maximum absolute atomic E-state index is 12.8. The van der Waals surface area contributed by atoms with Gasteiger partial charge in [0.05, 0.1) is 19.9 Å². The highest BCUT2D eigenvalue weighted by molar-refractivity contribution is 5.69. The molecule has 0 heterocycles. The Labute approximate surface area is 278 Å². The van der Waals surface area contributed by atoms with Crippen LogP contribution in [-0.2, 0) is 9.47 Å². The first-order chi connectivity index (χ1) is 22.1. The van der Waals surface area contributed by atoms with E-state index in [1.807, 2.05) is 108 Å². The Hall–Kier alpha value is -4.80. The highest BCUT2D eigenvalue weighted by atomic mass is 16.6. The lowest BCUT2D eigenvalue weighted by molar-refractivity contribution is 0.0301. The Kier molecular flexibility index (Phi) is 12.6. The second-order valence-electron chi connectivity index (χ2n) is 13.0. The minimum Gasteiger partial charge on any atom is -0.497 e. The van der Waals surface area contributed by atoms with Crippen molar-refractivity contribution in [3.05, 3.63) is 66.7 Å². The number of nitrogens with zero attached hydrogens (tertiary/aromatic N) is 3. The van der Waals surface area contributed by atoms with E-state index in [1.54, 1.807) is 28.3 Å². The number of anilines is 1. The van der Waals surface area contributed by atoms with Crippen LogP contribution in [0.4, 0.5) is 15.3 Å². The molecule has 0 spiro atoms. The molecule has 0 N–H and O–H groups in total. The van der Waals surface area contributed by atoms with Gasteiger partial charge in [0, 0.05) is 46.3 Å². The molecule has 0 aliphatic carbocycles. The number of likely N-dealkylation sites (N-methyl/N-ethyl adjacent to an activating group) is 2. The predicted molar refractivity (Wildman–Crippen MR) is 183 cm³/mol. The van der Waals surface area contributed by atoms with Crippen molar-refractivity contribution in [2.45, 2.75) is 52.7 Å². The number of carbonyl (C=O) groups is 2. The average Bonchev–Trinajstić information content (AvgIpc) is 3.00. The molecule has 0 radical (unpaired) electrons. The lowest BCUT2D eigenvalue weighted by Crippen LogP contribution is -2.43. The van der Waals surface area contributed by atoms with Crippen LogP contribution in [0.1, 0.15) is 41.5 Å². The zero-order chi connectivity index (χ0) is 34.8. The van der Waals surface area contributed by atoms with Gasteiger partial charge in [-0.05, 0) is 102 Å². The topological polar surface area (TPSA) is 99.2 Å². The number of methoxy groups -OCH3 is 2. The number of ether oxygens (including phenoxy) is 6. The number of rotatable bonds is 13. The van der Waals surface area contributed by atoms with Gasteiger partial charge in [0.15, 0.2) is 5.75 Å². The van der Waals surface area contributed by atoms with Gasteiger partial charge in [0.2, 0.25) is 0 Å². The normalized spacial score (nSPS) is 11.3. The molecule has 2 amide bonds. The van der Waals surface area contributed by atoms with Crippen molar-refractivity contribution < 1.29 is 38.0 Å². The van der Waals surface area contributed by atoms with E-state index in [2.05, 4.69) is 4.90 Å². The van der Waals surface area contributed by atoms with E-state index in [-0.39, 0.29) is 0 Å². The smallest absolute Gasteiger partial charge is 0.410 e. The summed E-state index contributed by atoms with van der Waals surface area (Å²) >= 11 is 0. The molecule has 11 nitrogen and oxygen atoms in total. The number of hydrogen-bond donors (Lipinski definition) is 0. The Morgan fingerprint density at radius 2 is 0.936 bits per heavy atom. The Morgan fingerprint density at radius 3 is 1.34 bits per heavy atom. The second kappa shape index (κ2) is 16.2. The average molecular weight is 652 g/mol. The van der Waals surface area contributed by atoms with E-state index in [9.17, 15) is 9.59 Å². The molecule has 11 heteroatoms. The van der Waals surface area contributed by atoms with Gasteiger partial charge >= 0.3 is 12.2 Å². The van der Waals surface area contributed by atoms with Gasteiger partial charge in [0.1, 0.15) is 39.9 Å². The summed E-state index contributed by atoms with van der Waals surface area (Å²) in [5, 5.41) is 0. The summed E-state index contributed by atoms with van der Waals surface area (Å²) in [6.45, 7) is 12.5. The summed E-state index contributed by atoms with van der Waals surface area (Å²) in [6, 6.07) is 20.1.